The molecule has 6 nitrogen and oxygen atoms in total. The fraction of sp³-hybridized carbons (Fsp3) is 0.136. The zero-order chi connectivity index (χ0) is 19.5. The van der Waals surface area contributed by atoms with Crippen LogP contribution in [0.5, 0.6) is 5.75 Å². The first-order chi connectivity index (χ1) is 13.6. The summed E-state index contributed by atoms with van der Waals surface area (Å²) in [5, 5.41) is 14.7. The van der Waals surface area contributed by atoms with Gasteiger partial charge in [0, 0.05) is 18.6 Å². The van der Waals surface area contributed by atoms with Crippen molar-refractivity contribution in [3.63, 3.8) is 0 Å². The Kier molecular flexibility index (Phi) is 4.76. The van der Waals surface area contributed by atoms with E-state index < -0.39 is 0 Å². The smallest absolute Gasteiger partial charge is 0.269 e. The minimum atomic E-state index is -0.370. The SMILES string of the molecule is COc1cccc(C2=Nc3ccccc3NC(c3cccc([N+](=O)[O-])c3)C2)c1. The van der Waals surface area contributed by atoms with E-state index in [1.165, 1.54) is 6.07 Å². The topological polar surface area (TPSA) is 76.8 Å². The van der Waals surface area contributed by atoms with E-state index >= 15 is 0 Å². The largest absolute Gasteiger partial charge is 0.497 e. The van der Waals surface area contributed by atoms with Crippen LogP contribution in [0.25, 0.3) is 0 Å². The molecule has 3 aromatic rings. The van der Waals surface area contributed by atoms with E-state index in [2.05, 4.69) is 5.32 Å². The molecule has 1 aliphatic rings. The second-order valence-corrected chi connectivity index (χ2v) is 6.56. The minimum Gasteiger partial charge on any atom is -0.497 e. The Morgan fingerprint density at radius 2 is 1.89 bits per heavy atom. The number of fused-ring (bicyclic) bond motifs is 1. The number of ether oxygens (including phenoxy) is 1. The third-order valence-electron chi connectivity index (χ3n) is 4.77. The van der Waals surface area contributed by atoms with Crippen molar-refractivity contribution in [1.82, 2.24) is 0 Å². The van der Waals surface area contributed by atoms with E-state index in [-0.39, 0.29) is 16.7 Å². The molecule has 140 valence electrons. The maximum Gasteiger partial charge on any atom is 0.269 e. The summed E-state index contributed by atoms with van der Waals surface area (Å²) >= 11 is 0. The summed E-state index contributed by atoms with van der Waals surface area (Å²) in [6, 6.07) is 22.2. The Bertz CT molecular complexity index is 1060. The van der Waals surface area contributed by atoms with Gasteiger partial charge in [-0.15, -0.1) is 0 Å². The number of methoxy groups -OCH3 is 1. The number of nitro benzene ring substituents is 1. The number of anilines is 1. The number of hydrogen-bond acceptors (Lipinski definition) is 5. The highest BCUT2D eigenvalue weighted by molar-refractivity contribution is 6.04. The second-order valence-electron chi connectivity index (χ2n) is 6.56. The Labute approximate surface area is 162 Å². The lowest BCUT2D eigenvalue weighted by molar-refractivity contribution is -0.384. The molecule has 0 bridgehead atoms. The normalized spacial score (nSPS) is 15.6. The first-order valence-electron chi connectivity index (χ1n) is 8.96. The van der Waals surface area contributed by atoms with Crippen LogP contribution in [0.1, 0.15) is 23.6 Å². The third-order valence-corrected chi connectivity index (χ3v) is 4.77. The van der Waals surface area contributed by atoms with Gasteiger partial charge in [-0.3, -0.25) is 15.1 Å². The molecule has 0 aromatic heterocycles. The number of aliphatic imine (C=N–C) groups is 1. The van der Waals surface area contributed by atoms with Crippen LogP contribution in [-0.4, -0.2) is 17.7 Å². The first-order valence-corrected chi connectivity index (χ1v) is 8.96. The molecule has 1 unspecified atom stereocenters. The summed E-state index contributed by atoms with van der Waals surface area (Å²) in [6.45, 7) is 0. The van der Waals surface area contributed by atoms with Crippen LogP contribution in [0.15, 0.2) is 77.8 Å². The van der Waals surface area contributed by atoms with Gasteiger partial charge in [-0.1, -0.05) is 36.4 Å². The Hall–Kier alpha value is -3.67. The van der Waals surface area contributed by atoms with E-state index in [0.29, 0.717) is 6.42 Å². The minimum absolute atomic E-state index is 0.0803. The molecular weight excluding hydrogens is 354 g/mol. The van der Waals surface area contributed by atoms with E-state index in [1.807, 2.05) is 54.6 Å². The van der Waals surface area contributed by atoms with Crippen LogP contribution in [0.2, 0.25) is 0 Å². The van der Waals surface area contributed by atoms with Crippen LogP contribution < -0.4 is 10.1 Å². The predicted octanol–water partition coefficient (Wildman–Crippen LogP) is 5.28. The molecule has 1 heterocycles. The molecule has 0 radical (unpaired) electrons. The quantitative estimate of drug-likeness (QED) is 0.498. The monoisotopic (exact) mass is 373 g/mol. The number of nitrogens with zero attached hydrogens (tertiary/aromatic N) is 2. The highest BCUT2D eigenvalue weighted by Crippen LogP contribution is 2.36. The van der Waals surface area contributed by atoms with Gasteiger partial charge in [-0.05, 0) is 35.4 Å². The van der Waals surface area contributed by atoms with Crippen LogP contribution in [-0.2, 0) is 0 Å². The lowest BCUT2D eigenvalue weighted by Crippen LogP contribution is -2.14. The number of nitro groups is 1. The Balaban J connectivity index is 1.79. The Morgan fingerprint density at radius 1 is 1.07 bits per heavy atom. The number of non-ortho nitro benzene ring substituents is 1. The van der Waals surface area contributed by atoms with Crippen molar-refractivity contribution in [3.05, 3.63) is 94.0 Å². The molecular formula is C22H19N3O3. The van der Waals surface area contributed by atoms with Gasteiger partial charge in [-0.25, -0.2) is 0 Å². The summed E-state index contributed by atoms with van der Waals surface area (Å²) in [7, 11) is 1.64. The van der Waals surface area contributed by atoms with Gasteiger partial charge in [0.25, 0.3) is 5.69 Å². The third kappa shape index (κ3) is 3.57. The fourth-order valence-corrected chi connectivity index (χ4v) is 3.36. The van der Waals surface area contributed by atoms with E-state index in [4.69, 9.17) is 9.73 Å². The number of rotatable bonds is 4. The highest BCUT2D eigenvalue weighted by atomic mass is 16.6. The Morgan fingerprint density at radius 3 is 2.71 bits per heavy atom. The molecule has 0 saturated heterocycles. The van der Waals surface area contributed by atoms with E-state index in [0.717, 1.165) is 34.0 Å². The first kappa shape index (κ1) is 17.7. The van der Waals surface area contributed by atoms with Crippen molar-refractivity contribution >= 4 is 22.8 Å². The molecule has 28 heavy (non-hydrogen) atoms. The maximum atomic E-state index is 11.2. The van der Waals surface area contributed by atoms with Crippen LogP contribution >= 0.6 is 0 Å². The number of benzene rings is 3. The fourth-order valence-electron chi connectivity index (χ4n) is 3.36. The lowest BCUT2D eigenvalue weighted by atomic mass is 9.97. The van der Waals surface area contributed by atoms with Crippen molar-refractivity contribution < 1.29 is 9.66 Å². The van der Waals surface area contributed by atoms with Gasteiger partial charge in [0.15, 0.2) is 0 Å². The molecule has 1 aliphatic heterocycles. The number of nitrogens with one attached hydrogen (secondary N) is 1. The zero-order valence-corrected chi connectivity index (χ0v) is 15.3. The van der Waals surface area contributed by atoms with Crippen molar-refractivity contribution in [3.8, 4) is 5.75 Å². The zero-order valence-electron chi connectivity index (χ0n) is 15.3. The summed E-state index contributed by atoms with van der Waals surface area (Å²) in [4.78, 5) is 15.7. The maximum absolute atomic E-state index is 11.2. The second kappa shape index (κ2) is 7.52. The van der Waals surface area contributed by atoms with Crippen molar-refractivity contribution in [2.75, 3.05) is 12.4 Å². The van der Waals surface area contributed by atoms with Gasteiger partial charge in [0.05, 0.1) is 35.2 Å². The van der Waals surface area contributed by atoms with E-state index in [9.17, 15) is 10.1 Å². The van der Waals surface area contributed by atoms with Gasteiger partial charge >= 0.3 is 0 Å². The molecule has 0 aliphatic carbocycles. The highest BCUT2D eigenvalue weighted by Gasteiger charge is 2.22. The molecule has 1 N–H and O–H groups in total. The predicted molar refractivity (Wildman–Crippen MR) is 110 cm³/mol. The van der Waals surface area contributed by atoms with E-state index in [1.54, 1.807) is 19.2 Å². The average Bonchev–Trinajstić information content (AvgIpc) is 2.93. The number of para-hydroxylation sites is 2. The standard InChI is InChI=1S/C22H19N3O3/c1-28-18-9-5-7-16(13-18)22-14-21(15-6-4-8-17(12-15)25(26)27)23-19-10-2-3-11-20(19)24-22/h2-13,21,23H,14H2,1H3. The van der Waals surface area contributed by atoms with Gasteiger partial charge < -0.3 is 10.1 Å². The van der Waals surface area contributed by atoms with Crippen molar-refractivity contribution in [1.29, 1.82) is 0 Å². The molecule has 0 fully saturated rings. The summed E-state index contributed by atoms with van der Waals surface area (Å²) in [5.41, 5.74) is 4.53. The van der Waals surface area contributed by atoms with Crippen molar-refractivity contribution in [2.24, 2.45) is 4.99 Å². The van der Waals surface area contributed by atoms with Crippen LogP contribution in [0, 0.1) is 10.1 Å². The van der Waals surface area contributed by atoms with Gasteiger partial charge in [0.1, 0.15) is 5.75 Å². The number of hydrogen-bond donors (Lipinski definition) is 1. The summed E-state index contributed by atoms with van der Waals surface area (Å²) in [5.74, 6) is 0.762. The molecule has 0 amide bonds. The molecule has 3 aromatic carbocycles. The molecule has 4 rings (SSSR count). The summed E-state index contributed by atoms with van der Waals surface area (Å²) < 4.78 is 5.35. The van der Waals surface area contributed by atoms with Crippen molar-refractivity contribution in [2.45, 2.75) is 12.5 Å². The average molecular weight is 373 g/mol. The lowest BCUT2D eigenvalue weighted by Gasteiger charge is -2.19. The summed E-state index contributed by atoms with van der Waals surface area (Å²) in [6.07, 6.45) is 0.586. The van der Waals surface area contributed by atoms with Gasteiger partial charge in [-0.2, -0.15) is 0 Å². The molecule has 1 atom stereocenters. The van der Waals surface area contributed by atoms with Crippen LogP contribution in [0.3, 0.4) is 0 Å². The van der Waals surface area contributed by atoms with Crippen LogP contribution in [0.4, 0.5) is 17.1 Å². The molecule has 0 saturated carbocycles. The van der Waals surface area contributed by atoms with Gasteiger partial charge in [0.2, 0.25) is 0 Å². The molecule has 6 heteroatoms. The molecule has 0 spiro atoms.